The molecule has 3 aromatic rings. The molecule has 3 rings (SSSR count). The lowest BCUT2D eigenvalue weighted by molar-refractivity contribution is 0.0687. The van der Waals surface area contributed by atoms with Crippen LogP contribution in [-0.4, -0.2) is 23.2 Å². The van der Waals surface area contributed by atoms with Gasteiger partial charge in [0.15, 0.2) is 5.69 Å². The van der Waals surface area contributed by atoms with E-state index in [-0.39, 0.29) is 5.69 Å². The van der Waals surface area contributed by atoms with Crippen molar-refractivity contribution in [3.63, 3.8) is 0 Å². The van der Waals surface area contributed by atoms with Crippen LogP contribution in [0.25, 0.3) is 10.9 Å². The number of thioether (sulfide) groups is 1. The first-order valence-corrected chi connectivity index (χ1v) is 8.05. The molecule has 0 spiro atoms. The third-order valence-electron chi connectivity index (χ3n) is 3.44. The highest BCUT2D eigenvalue weighted by molar-refractivity contribution is 7.98. The first-order chi connectivity index (χ1) is 11.2. The SMILES string of the molecule is COc1ccc(CSc2cc3ccccc3nc2C(=O)O)cc1. The number of methoxy groups -OCH3 is 1. The number of hydrogen-bond donors (Lipinski definition) is 1. The minimum atomic E-state index is -1.01. The van der Waals surface area contributed by atoms with Crippen molar-refractivity contribution in [2.24, 2.45) is 0 Å². The van der Waals surface area contributed by atoms with Crippen LogP contribution in [0.4, 0.5) is 0 Å². The molecule has 0 aliphatic rings. The smallest absolute Gasteiger partial charge is 0.355 e. The van der Waals surface area contributed by atoms with E-state index in [1.165, 1.54) is 11.8 Å². The molecule has 0 bridgehead atoms. The molecule has 1 N–H and O–H groups in total. The Bertz CT molecular complexity index is 847. The average Bonchev–Trinajstić information content (AvgIpc) is 2.59. The molecule has 0 atom stereocenters. The third-order valence-corrected chi connectivity index (χ3v) is 4.54. The van der Waals surface area contributed by atoms with E-state index in [4.69, 9.17) is 4.74 Å². The summed E-state index contributed by atoms with van der Waals surface area (Å²) in [6.45, 7) is 0. The normalized spacial score (nSPS) is 10.7. The zero-order valence-electron chi connectivity index (χ0n) is 12.5. The second-order valence-electron chi connectivity index (χ2n) is 4.97. The van der Waals surface area contributed by atoms with Gasteiger partial charge in [0.05, 0.1) is 12.6 Å². The van der Waals surface area contributed by atoms with Gasteiger partial charge in [-0.3, -0.25) is 0 Å². The number of carboxylic acids is 1. The molecule has 1 heterocycles. The van der Waals surface area contributed by atoms with Crippen molar-refractivity contribution < 1.29 is 14.6 Å². The second-order valence-corrected chi connectivity index (χ2v) is 5.99. The fourth-order valence-electron chi connectivity index (χ4n) is 2.24. The fourth-order valence-corrected chi connectivity index (χ4v) is 3.24. The Morgan fingerprint density at radius 1 is 1.17 bits per heavy atom. The zero-order valence-corrected chi connectivity index (χ0v) is 13.3. The molecule has 0 saturated carbocycles. The van der Waals surface area contributed by atoms with E-state index < -0.39 is 5.97 Å². The van der Waals surface area contributed by atoms with Gasteiger partial charge in [-0.2, -0.15) is 0 Å². The number of carbonyl (C=O) groups is 1. The molecule has 2 aromatic carbocycles. The van der Waals surface area contributed by atoms with Gasteiger partial charge in [0.2, 0.25) is 0 Å². The number of aromatic nitrogens is 1. The molecule has 4 nitrogen and oxygen atoms in total. The Labute approximate surface area is 138 Å². The average molecular weight is 325 g/mol. The number of benzene rings is 2. The Balaban J connectivity index is 1.88. The Kier molecular flexibility index (Phi) is 4.48. The van der Waals surface area contributed by atoms with Crippen LogP contribution in [0.2, 0.25) is 0 Å². The number of fused-ring (bicyclic) bond motifs is 1. The van der Waals surface area contributed by atoms with Gasteiger partial charge >= 0.3 is 5.97 Å². The summed E-state index contributed by atoms with van der Waals surface area (Å²) in [5.41, 5.74) is 1.89. The maximum absolute atomic E-state index is 11.5. The monoisotopic (exact) mass is 325 g/mol. The summed E-state index contributed by atoms with van der Waals surface area (Å²) in [4.78, 5) is 16.4. The molecule has 0 aliphatic carbocycles. The van der Waals surface area contributed by atoms with Gasteiger partial charge in [-0.25, -0.2) is 9.78 Å². The summed E-state index contributed by atoms with van der Waals surface area (Å²) < 4.78 is 5.14. The standard InChI is InChI=1S/C18H15NO3S/c1-22-14-8-6-12(7-9-14)11-23-16-10-13-4-2-3-5-15(13)19-17(16)18(20)21/h2-10H,11H2,1H3,(H,20,21). The van der Waals surface area contributed by atoms with Crippen molar-refractivity contribution in [2.75, 3.05) is 7.11 Å². The number of ether oxygens (including phenoxy) is 1. The zero-order chi connectivity index (χ0) is 16.2. The van der Waals surface area contributed by atoms with Crippen LogP contribution >= 0.6 is 11.8 Å². The van der Waals surface area contributed by atoms with Crippen LogP contribution in [0.1, 0.15) is 16.1 Å². The Hall–Kier alpha value is -2.53. The maximum Gasteiger partial charge on any atom is 0.355 e. The highest BCUT2D eigenvalue weighted by Crippen LogP contribution is 2.29. The first kappa shape index (κ1) is 15.4. The largest absolute Gasteiger partial charge is 0.497 e. The van der Waals surface area contributed by atoms with E-state index >= 15 is 0 Å². The number of rotatable bonds is 5. The van der Waals surface area contributed by atoms with E-state index in [1.807, 2.05) is 54.6 Å². The van der Waals surface area contributed by atoms with Gasteiger partial charge in [0, 0.05) is 16.0 Å². The second kappa shape index (κ2) is 6.71. The van der Waals surface area contributed by atoms with Crippen LogP contribution in [0.3, 0.4) is 0 Å². The molecule has 116 valence electrons. The third kappa shape index (κ3) is 3.46. The lowest BCUT2D eigenvalue weighted by atomic mass is 10.2. The van der Waals surface area contributed by atoms with Crippen molar-refractivity contribution in [3.05, 3.63) is 65.9 Å². The van der Waals surface area contributed by atoms with Crippen LogP contribution in [0, 0.1) is 0 Å². The molecule has 0 amide bonds. The highest BCUT2D eigenvalue weighted by Gasteiger charge is 2.14. The van der Waals surface area contributed by atoms with Crippen molar-refractivity contribution in [1.29, 1.82) is 0 Å². The van der Waals surface area contributed by atoms with Crippen LogP contribution in [0.15, 0.2) is 59.5 Å². The highest BCUT2D eigenvalue weighted by atomic mass is 32.2. The van der Waals surface area contributed by atoms with Crippen molar-refractivity contribution >= 4 is 28.6 Å². The summed E-state index contributed by atoms with van der Waals surface area (Å²) in [6, 6.07) is 17.2. The lowest BCUT2D eigenvalue weighted by Gasteiger charge is -2.08. The van der Waals surface area contributed by atoms with E-state index in [2.05, 4.69) is 4.98 Å². The van der Waals surface area contributed by atoms with Crippen molar-refractivity contribution in [1.82, 2.24) is 4.98 Å². The number of hydrogen-bond acceptors (Lipinski definition) is 4. The summed E-state index contributed by atoms with van der Waals surface area (Å²) in [6.07, 6.45) is 0. The van der Waals surface area contributed by atoms with E-state index in [1.54, 1.807) is 7.11 Å². The fraction of sp³-hybridized carbons (Fsp3) is 0.111. The van der Waals surface area contributed by atoms with E-state index in [0.29, 0.717) is 16.2 Å². The lowest BCUT2D eigenvalue weighted by Crippen LogP contribution is -2.03. The predicted octanol–water partition coefficient (Wildman–Crippen LogP) is 4.23. The molecule has 5 heteroatoms. The van der Waals surface area contributed by atoms with E-state index in [9.17, 15) is 9.90 Å². The number of carboxylic acid groups (broad SMARTS) is 1. The van der Waals surface area contributed by atoms with Crippen LogP contribution in [0.5, 0.6) is 5.75 Å². The summed E-state index contributed by atoms with van der Waals surface area (Å²) in [5.74, 6) is 0.468. The minimum absolute atomic E-state index is 0.0993. The van der Waals surface area contributed by atoms with E-state index in [0.717, 1.165) is 16.7 Å². The quantitative estimate of drug-likeness (QED) is 0.711. The molecule has 0 saturated heterocycles. The molecule has 0 radical (unpaired) electrons. The van der Waals surface area contributed by atoms with Gasteiger partial charge in [0.1, 0.15) is 5.75 Å². The van der Waals surface area contributed by atoms with Gasteiger partial charge in [0.25, 0.3) is 0 Å². The molecular formula is C18H15NO3S. The number of para-hydroxylation sites is 1. The summed E-state index contributed by atoms with van der Waals surface area (Å²) in [5, 5.41) is 10.3. The number of aromatic carboxylic acids is 1. The first-order valence-electron chi connectivity index (χ1n) is 7.06. The van der Waals surface area contributed by atoms with Gasteiger partial charge in [-0.1, -0.05) is 30.3 Å². The number of pyridine rings is 1. The molecule has 0 unspecified atom stereocenters. The van der Waals surface area contributed by atoms with Crippen molar-refractivity contribution in [3.8, 4) is 5.75 Å². The maximum atomic E-state index is 11.5. The summed E-state index contributed by atoms with van der Waals surface area (Å²) >= 11 is 1.47. The van der Waals surface area contributed by atoms with Crippen molar-refractivity contribution in [2.45, 2.75) is 10.6 Å². The molecular weight excluding hydrogens is 310 g/mol. The molecule has 0 fully saturated rings. The Morgan fingerprint density at radius 2 is 1.91 bits per heavy atom. The van der Waals surface area contributed by atoms with Gasteiger partial charge in [-0.15, -0.1) is 11.8 Å². The number of nitrogens with zero attached hydrogens (tertiary/aromatic N) is 1. The van der Waals surface area contributed by atoms with Gasteiger partial charge < -0.3 is 9.84 Å². The van der Waals surface area contributed by atoms with Crippen LogP contribution < -0.4 is 4.74 Å². The topological polar surface area (TPSA) is 59.4 Å². The minimum Gasteiger partial charge on any atom is -0.497 e. The predicted molar refractivity (Wildman–Crippen MR) is 91.3 cm³/mol. The van der Waals surface area contributed by atoms with Crippen LogP contribution in [-0.2, 0) is 5.75 Å². The van der Waals surface area contributed by atoms with Gasteiger partial charge in [-0.05, 0) is 29.8 Å². The molecule has 1 aromatic heterocycles. The molecule has 0 aliphatic heterocycles. The summed E-state index contributed by atoms with van der Waals surface area (Å²) in [7, 11) is 1.63. The molecule has 23 heavy (non-hydrogen) atoms. The Morgan fingerprint density at radius 3 is 2.61 bits per heavy atom.